The summed E-state index contributed by atoms with van der Waals surface area (Å²) in [6.45, 7) is 0.450. The number of nitrogens with zero attached hydrogens (tertiary/aromatic N) is 5. The molecule has 0 fully saturated rings. The number of benzene rings is 1. The van der Waals surface area contributed by atoms with Crippen molar-refractivity contribution < 1.29 is 0 Å². The first-order valence-electron chi connectivity index (χ1n) is 8.46. The molecule has 0 aliphatic rings. The first-order chi connectivity index (χ1) is 13.7. The number of hydrogen-bond donors (Lipinski definition) is 1. The summed E-state index contributed by atoms with van der Waals surface area (Å²) in [4.78, 5) is 4.11. The van der Waals surface area contributed by atoms with Crippen molar-refractivity contribution in [2.24, 2.45) is 0 Å². The largest absolute Gasteiger partial charge is 0.365 e. The van der Waals surface area contributed by atoms with Crippen molar-refractivity contribution in [3.8, 4) is 23.3 Å². The summed E-state index contributed by atoms with van der Waals surface area (Å²) < 4.78 is 1.58. The molecule has 3 aromatic heterocycles. The van der Waals surface area contributed by atoms with E-state index in [2.05, 4.69) is 27.5 Å². The minimum atomic E-state index is 0.310. The van der Waals surface area contributed by atoms with E-state index in [9.17, 15) is 10.5 Å². The van der Waals surface area contributed by atoms with Crippen LogP contribution in [0.4, 0.5) is 5.82 Å². The summed E-state index contributed by atoms with van der Waals surface area (Å²) in [5.41, 5.74) is 3.35. The zero-order valence-electron chi connectivity index (χ0n) is 14.6. The second-order valence-corrected chi connectivity index (χ2v) is 6.43. The number of anilines is 1. The Bertz CT molecular complexity index is 1250. The smallest absolute Gasteiger partial charge is 0.147 e. The van der Waals surface area contributed by atoms with Crippen LogP contribution in [-0.4, -0.2) is 14.6 Å². The van der Waals surface area contributed by atoms with Gasteiger partial charge in [-0.25, -0.2) is 4.52 Å². The molecule has 0 radical (unpaired) electrons. The molecule has 0 spiro atoms. The number of hydrogen-bond acceptors (Lipinski definition) is 5. The molecule has 4 rings (SSSR count). The van der Waals surface area contributed by atoms with Gasteiger partial charge in [0, 0.05) is 35.1 Å². The Morgan fingerprint density at radius 3 is 2.54 bits per heavy atom. The topological polar surface area (TPSA) is 89.8 Å². The number of halogens is 1. The Balaban J connectivity index is 1.97. The van der Waals surface area contributed by atoms with Gasteiger partial charge in [0.15, 0.2) is 0 Å². The van der Waals surface area contributed by atoms with Crippen molar-refractivity contribution in [2.75, 3.05) is 5.32 Å². The van der Waals surface area contributed by atoms with E-state index in [0.29, 0.717) is 45.2 Å². The van der Waals surface area contributed by atoms with Gasteiger partial charge in [0.05, 0.1) is 17.3 Å². The minimum Gasteiger partial charge on any atom is -0.365 e. The van der Waals surface area contributed by atoms with Crippen molar-refractivity contribution in [2.45, 2.75) is 6.54 Å². The Morgan fingerprint density at radius 1 is 1.00 bits per heavy atom. The molecule has 0 aliphatic heterocycles. The highest BCUT2D eigenvalue weighted by molar-refractivity contribution is 6.33. The normalized spacial score (nSPS) is 10.4. The fourth-order valence-electron chi connectivity index (χ4n) is 3.16. The number of rotatable bonds is 4. The first kappa shape index (κ1) is 17.5. The predicted octanol–water partition coefficient (Wildman–Crippen LogP) is 4.41. The van der Waals surface area contributed by atoms with Gasteiger partial charge < -0.3 is 5.32 Å². The highest BCUT2D eigenvalue weighted by Gasteiger charge is 2.23. The molecule has 3 heterocycles. The zero-order chi connectivity index (χ0) is 19.5. The molecule has 28 heavy (non-hydrogen) atoms. The van der Waals surface area contributed by atoms with Crippen molar-refractivity contribution in [1.82, 2.24) is 14.6 Å². The predicted molar refractivity (Wildman–Crippen MR) is 107 cm³/mol. The van der Waals surface area contributed by atoms with E-state index in [-0.39, 0.29) is 0 Å². The van der Waals surface area contributed by atoms with Crippen molar-refractivity contribution in [3.05, 3.63) is 82.8 Å². The SMILES string of the molecule is N#Cc1c(-c2ccccc2Cl)c(C#N)c2ccnn2c1NCc1cccnc1. The van der Waals surface area contributed by atoms with Crippen molar-refractivity contribution in [3.63, 3.8) is 0 Å². The van der Waals surface area contributed by atoms with Crippen LogP contribution in [0, 0.1) is 22.7 Å². The average molecular weight is 385 g/mol. The van der Waals surface area contributed by atoms with E-state index in [1.807, 2.05) is 24.3 Å². The molecule has 0 saturated carbocycles. The Morgan fingerprint density at radius 2 is 1.82 bits per heavy atom. The maximum Gasteiger partial charge on any atom is 0.147 e. The average Bonchev–Trinajstić information content (AvgIpc) is 3.22. The molecule has 0 bridgehead atoms. The fraction of sp³-hybridized carbons (Fsp3) is 0.0476. The lowest BCUT2D eigenvalue weighted by Gasteiger charge is -2.16. The van der Waals surface area contributed by atoms with E-state index < -0.39 is 0 Å². The summed E-state index contributed by atoms with van der Waals surface area (Å²) in [5, 5.41) is 27.9. The van der Waals surface area contributed by atoms with Gasteiger partial charge in [-0.3, -0.25) is 4.98 Å². The van der Waals surface area contributed by atoms with Gasteiger partial charge in [-0.2, -0.15) is 15.6 Å². The van der Waals surface area contributed by atoms with E-state index in [0.717, 1.165) is 5.56 Å². The van der Waals surface area contributed by atoms with Gasteiger partial charge >= 0.3 is 0 Å². The molecule has 6 nitrogen and oxygen atoms in total. The standard InChI is InChI=1S/C21H13ClN6/c22-18-6-2-1-5-15(18)20-16(10-23)19-7-9-27-28(19)21(17(20)11-24)26-13-14-4-3-8-25-12-14/h1-9,12,26H,13H2. The number of pyridine rings is 2. The summed E-state index contributed by atoms with van der Waals surface area (Å²) in [7, 11) is 0. The molecule has 0 unspecified atom stereocenters. The van der Waals surface area contributed by atoms with Crippen LogP contribution in [0.25, 0.3) is 16.6 Å². The summed E-state index contributed by atoms with van der Waals surface area (Å²) in [5.74, 6) is 0.500. The first-order valence-corrected chi connectivity index (χ1v) is 8.84. The summed E-state index contributed by atoms with van der Waals surface area (Å²) in [6.07, 6.45) is 5.05. The van der Waals surface area contributed by atoms with Gasteiger partial charge in [-0.05, 0) is 23.8 Å². The van der Waals surface area contributed by atoms with Crippen molar-refractivity contribution in [1.29, 1.82) is 10.5 Å². The van der Waals surface area contributed by atoms with E-state index >= 15 is 0 Å². The number of nitriles is 2. The van der Waals surface area contributed by atoms with Crippen molar-refractivity contribution >= 4 is 22.9 Å². The Hall–Kier alpha value is -3.87. The third-order valence-corrected chi connectivity index (χ3v) is 4.73. The quantitative estimate of drug-likeness (QED) is 0.563. The van der Waals surface area contributed by atoms with Crippen LogP contribution in [0.15, 0.2) is 61.1 Å². The molecule has 0 saturated heterocycles. The van der Waals surface area contributed by atoms with E-state index in [1.165, 1.54) is 0 Å². The molecule has 0 aliphatic carbocycles. The second-order valence-electron chi connectivity index (χ2n) is 6.02. The Labute approximate surface area is 166 Å². The van der Waals surface area contributed by atoms with Crippen LogP contribution in [-0.2, 0) is 6.54 Å². The molecular weight excluding hydrogens is 372 g/mol. The molecule has 0 amide bonds. The van der Waals surface area contributed by atoms with Gasteiger partial charge in [-0.1, -0.05) is 35.9 Å². The summed E-state index contributed by atoms with van der Waals surface area (Å²) >= 11 is 6.40. The van der Waals surface area contributed by atoms with Crippen LogP contribution < -0.4 is 5.32 Å². The molecule has 7 heteroatoms. The highest BCUT2D eigenvalue weighted by Crippen LogP contribution is 2.38. The van der Waals surface area contributed by atoms with Crippen LogP contribution in [0.3, 0.4) is 0 Å². The van der Waals surface area contributed by atoms with Gasteiger partial charge in [0.2, 0.25) is 0 Å². The van der Waals surface area contributed by atoms with E-state index in [1.54, 1.807) is 41.3 Å². The van der Waals surface area contributed by atoms with Gasteiger partial charge in [0.1, 0.15) is 23.5 Å². The van der Waals surface area contributed by atoms with Crippen LogP contribution in [0.1, 0.15) is 16.7 Å². The zero-order valence-corrected chi connectivity index (χ0v) is 15.4. The van der Waals surface area contributed by atoms with Crippen LogP contribution >= 0.6 is 11.6 Å². The summed E-state index contributed by atoms with van der Waals surface area (Å²) in [6, 6.07) is 17.2. The third-order valence-electron chi connectivity index (χ3n) is 4.40. The monoisotopic (exact) mass is 384 g/mol. The third kappa shape index (κ3) is 2.92. The molecule has 0 atom stereocenters. The van der Waals surface area contributed by atoms with Gasteiger partial charge in [-0.15, -0.1) is 0 Å². The second kappa shape index (κ2) is 7.40. The van der Waals surface area contributed by atoms with Crippen LogP contribution in [0.2, 0.25) is 5.02 Å². The lowest BCUT2D eigenvalue weighted by molar-refractivity contribution is 0.937. The lowest BCUT2D eigenvalue weighted by Crippen LogP contribution is -2.10. The van der Waals surface area contributed by atoms with Crippen LogP contribution in [0.5, 0.6) is 0 Å². The number of fused-ring (bicyclic) bond motifs is 1. The molecular formula is C21H13ClN6. The maximum atomic E-state index is 9.97. The Kier molecular flexibility index (Phi) is 4.63. The lowest BCUT2D eigenvalue weighted by atomic mass is 9.95. The molecule has 1 N–H and O–H groups in total. The number of aromatic nitrogens is 3. The maximum absolute atomic E-state index is 9.97. The molecule has 134 valence electrons. The highest BCUT2D eigenvalue weighted by atomic mass is 35.5. The number of nitrogens with one attached hydrogen (secondary N) is 1. The van der Waals surface area contributed by atoms with Gasteiger partial charge in [0.25, 0.3) is 0 Å². The van der Waals surface area contributed by atoms with E-state index in [4.69, 9.17) is 11.6 Å². The molecule has 4 aromatic rings. The fourth-order valence-corrected chi connectivity index (χ4v) is 3.39. The minimum absolute atomic E-state index is 0.310. The molecule has 1 aromatic carbocycles.